The quantitative estimate of drug-likeness (QED) is 0.698. The minimum atomic E-state index is -0.189. The van der Waals surface area contributed by atoms with Gasteiger partial charge in [-0.1, -0.05) is 13.8 Å². The van der Waals surface area contributed by atoms with Crippen LogP contribution in [0.1, 0.15) is 39.5 Å². The van der Waals surface area contributed by atoms with Gasteiger partial charge in [-0.05, 0) is 18.8 Å². The first-order chi connectivity index (χ1) is 8.04. The van der Waals surface area contributed by atoms with E-state index in [-0.39, 0.29) is 30.0 Å². The van der Waals surface area contributed by atoms with E-state index in [1.165, 1.54) is 7.11 Å². The molecule has 0 aliphatic carbocycles. The van der Waals surface area contributed by atoms with Crippen LogP contribution < -0.4 is 0 Å². The third kappa shape index (κ3) is 2.23. The zero-order chi connectivity index (χ0) is 12.6. The summed E-state index contributed by atoms with van der Waals surface area (Å²) in [6.07, 6.45) is 3.29. The van der Waals surface area contributed by atoms with Gasteiger partial charge in [0.25, 0.3) is 0 Å². The first kappa shape index (κ1) is 12.6. The van der Waals surface area contributed by atoms with E-state index in [1.54, 1.807) is 0 Å². The van der Waals surface area contributed by atoms with Gasteiger partial charge in [0.15, 0.2) is 0 Å². The van der Waals surface area contributed by atoms with Crippen molar-refractivity contribution in [3.63, 3.8) is 0 Å². The van der Waals surface area contributed by atoms with E-state index in [2.05, 4.69) is 4.90 Å². The van der Waals surface area contributed by atoms with E-state index >= 15 is 0 Å². The van der Waals surface area contributed by atoms with Crippen molar-refractivity contribution in [1.82, 2.24) is 4.90 Å². The standard InChI is InChI=1S/C13H21NO3/c1-8(2)12(13(16)17-3)14-9-4-5-10(14)7-11(15)6-9/h8-10,12H,4-7H2,1-3H3. The number of methoxy groups -OCH3 is 1. The number of piperidine rings is 1. The van der Waals surface area contributed by atoms with Crippen molar-refractivity contribution in [2.45, 2.75) is 57.7 Å². The Bertz CT molecular complexity index is 311. The van der Waals surface area contributed by atoms with Crippen molar-refractivity contribution in [2.24, 2.45) is 5.92 Å². The Morgan fingerprint density at radius 2 is 1.82 bits per heavy atom. The lowest BCUT2D eigenvalue weighted by molar-refractivity contribution is -0.152. The molecule has 0 aromatic heterocycles. The summed E-state index contributed by atoms with van der Waals surface area (Å²) in [6.45, 7) is 4.08. The van der Waals surface area contributed by atoms with Gasteiger partial charge in [-0.15, -0.1) is 0 Å². The number of carbonyl (C=O) groups is 2. The van der Waals surface area contributed by atoms with Crippen LogP contribution in [0, 0.1) is 5.92 Å². The van der Waals surface area contributed by atoms with Gasteiger partial charge < -0.3 is 4.74 Å². The second-order valence-electron chi connectivity index (χ2n) is 5.49. The van der Waals surface area contributed by atoms with Crippen molar-refractivity contribution >= 4 is 11.8 Å². The van der Waals surface area contributed by atoms with Crippen LogP contribution in [-0.2, 0) is 14.3 Å². The molecule has 0 radical (unpaired) electrons. The van der Waals surface area contributed by atoms with Crippen molar-refractivity contribution in [3.05, 3.63) is 0 Å². The molecular weight excluding hydrogens is 218 g/mol. The number of ketones is 1. The lowest BCUT2D eigenvalue weighted by Crippen LogP contribution is -2.54. The Morgan fingerprint density at radius 3 is 2.24 bits per heavy atom. The third-order valence-corrected chi connectivity index (χ3v) is 4.00. The summed E-state index contributed by atoms with van der Waals surface area (Å²) < 4.78 is 4.91. The molecule has 2 bridgehead atoms. The molecule has 4 nitrogen and oxygen atoms in total. The van der Waals surface area contributed by atoms with E-state index in [4.69, 9.17) is 4.74 Å². The van der Waals surface area contributed by atoms with Crippen LogP contribution in [0.25, 0.3) is 0 Å². The molecule has 0 saturated carbocycles. The highest BCUT2D eigenvalue weighted by molar-refractivity contribution is 5.82. The first-order valence-corrected chi connectivity index (χ1v) is 6.41. The minimum absolute atomic E-state index is 0.161. The molecule has 4 heteroatoms. The second kappa shape index (κ2) is 4.77. The summed E-state index contributed by atoms with van der Waals surface area (Å²) in [5.74, 6) is 0.408. The van der Waals surface area contributed by atoms with Gasteiger partial charge in [0.05, 0.1) is 7.11 Å². The van der Waals surface area contributed by atoms with Gasteiger partial charge in [0.1, 0.15) is 11.8 Å². The lowest BCUT2D eigenvalue weighted by atomic mass is 9.94. The zero-order valence-corrected chi connectivity index (χ0v) is 10.8. The maximum atomic E-state index is 11.9. The minimum Gasteiger partial charge on any atom is -0.468 e. The summed E-state index contributed by atoms with van der Waals surface area (Å²) in [5.41, 5.74) is 0. The zero-order valence-electron chi connectivity index (χ0n) is 10.8. The van der Waals surface area contributed by atoms with E-state index in [0.29, 0.717) is 18.6 Å². The van der Waals surface area contributed by atoms with Crippen LogP contribution in [0.3, 0.4) is 0 Å². The summed E-state index contributed by atoms with van der Waals surface area (Å²) in [5, 5.41) is 0. The number of hydrogen-bond acceptors (Lipinski definition) is 4. The fourth-order valence-electron chi connectivity index (χ4n) is 3.32. The van der Waals surface area contributed by atoms with Crippen LogP contribution in [-0.4, -0.2) is 41.9 Å². The molecule has 0 aromatic rings. The summed E-state index contributed by atoms with van der Waals surface area (Å²) in [7, 11) is 1.44. The fraction of sp³-hybridized carbons (Fsp3) is 0.846. The molecular formula is C13H21NO3. The third-order valence-electron chi connectivity index (χ3n) is 4.00. The number of esters is 1. The second-order valence-corrected chi connectivity index (χ2v) is 5.49. The fourth-order valence-corrected chi connectivity index (χ4v) is 3.32. The van der Waals surface area contributed by atoms with Crippen molar-refractivity contribution < 1.29 is 14.3 Å². The number of carbonyl (C=O) groups excluding carboxylic acids is 2. The molecule has 2 fully saturated rings. The van der Waals surface area contributed by atoms with Crippen molar-refractivity contribution in [3.8, 4) is 0 Å². The van der Waals surface area contributed by atoms with Crippen LogP contribution in [0.2, 0.25) is 0 Å². The Labute approximate surface area is 102 Å². The smallest absolute Gasteiger partial charge is 0.323 e. The van der Waals surface area contributed by atoms with Crippen LogP contribution in [0.5, 0.6) is 0 Å². The molecule has 3 unspecified atom stereocenters. The molecule has 0 N–H and O–H groups in total. The first-order valence-electron chi connectivity index (χ1n) is 6.41. The predicted molar refractivity (Wildman–Crippen MR) is 63.5 cm³/mol. The van der Waals surface area contributed by atoms with E-state index in [0.717, 1.165) is 12.8 Å². The Hall–Kier alpha value is -0.900. The Balaban J connectivity index is 2.20. The average molecular weight is 239 g/mol. The van der Waals surface area contributed by atoms with Gasteiger partial charge >= 0.3 is 5.97 Å². The predicted octanol–water partition coefficient (Wildman–Crippen LogP) is 1.38. The molecule has 3 atom stereocenters. The Morgan fingerprint density at radius 1 is 1.29 bits per heavy atom. The highest BCUT2D eigenvalue weighted by Gasteiger charge is 2.46. The summed E-state index contributed by atoms with van der Waals surface area (Å²) in [6, 6.07) is 0.325. The van der Waals surface area contributed by atoms with Gasteiger partial charge in [0.2, 0.25) is 0 Å². The van der Waals surface area contributed by atoms with Crippen LogP contribution >= 0.6 is 0 Å². The average Bonchev–Trinajstić information content (AvgIpc) is 2.52. The number of Topliss-reactive ketones (excluding diaryl/α,β-unsaturated/α-hetero) is 1. The molecule has 2 aliphatic rings. The summed E-state index contributed by atoms with van der Waals surface area (Å²) >= 11 is 0. The molecule has 0 aromatic carbocycles. The highest BCUT2D eigenvalue weighted by atomic mass is 16.5. The number of ether oxygens (including phenoxy) is 1. The van der Waals surface area contributed by atoms with Crippen LogP contribution in [0.15, 0.2) is 0 Å². The maximum Gasteiger partial charge on any atom is 0.323 e. The number of nitrogens with zero attached hydrogens (tertiary/aromatic N) is 1. The normalized spacial score (nSPS) is 30.7. The number of rotatable bonds is 3. The SMILES string of the molecule is COC(=O)C(C(C)C)N1C2CCC1CC(=O)C2. The molecule has 2 aliphatic heterocycles. The molecule has 0 spiro atoms. The van der Waals surface area contributed by atoms with Gasteiger partial charge in [0, 0.05) is 24.9 Å². The van der Waals surface area contributed by atoms with E-state index in [1.807, 2.05) is 13.8 Å². The summed E-state index contributed by atoms with van der Waals surface area (Å²) in [4.78, 5) is 25.7. The van der Waals surface area contributed by atoms with Crippen molar-refractivity contribution in [2.75, 3.05) is 7.11 Å². The largest absolute Gasteiger partial charge is 0.468 e. The molecule has 17 heavy (non-hydrogen) atoms. The monoisotopic (exact) mass is 239 g/mol. The van der Waals surface area contributed by atoms with Crippen LogP contribution in [0.4, 0.5) is 0 Å². The molecule has 96 valence electrons. The molecule has 0 amide bonds. The van der Waals surface area contributed by atoms with Crippen molar-refractivity contribution in [1.29, 1.82) is 0 Å². The molecule has 2 rings (SSSR count). The van der Waals surface area contributed by atoms with Gasteiger partial charge in [-0.25, -0.2) is 0 Å². The number of fused-ring (bicyclic) bond motifs is 2. The van der Waals surface area contributed by atoms with E-state index < -0.39 is 0 Å². The van der Waals surface area contributed by atoms with E-state index in [9.17, 15) is 9.59 Å². The van der Waals surface area contributed by atoms with Gasteiger partial charge in [-0.2, -0.15) is 0 Å². The lowest BCUT2D eigenvalue weighted by Gasteiger charge is -2.40. The maximum absolute atomic E-state index is 11.9. The van der Waals surface area contributed by atoms with Gasteiger partial charge in [-0.3, -0.25) is 14.5 Å². The highest BCUT2D eigenvalue weighted by Crippen LogP contribution is 2.37. The molecule has 2 saturated heterocycles. The molecule has 2 heterocycles. The Kier molecular flexibility index (Phi) is 3.52. The number of hydrogen-bond donors (Lipinski definition) is 0. The topological polar surface area (TPSA) is 46.6 Å².